The quantitative estimate of drug-likeness (QED) is 0.381. The van der Waals surface area contributed by atoms with E-state index in [2.05, 4.69) is 43.3 Å². The van der Waals surface area contributed by atoms with Crippen molar-refractivity contribution in [3.05, 3.63) is 41.2 Å². The Labute approximate surface area is 169 Å². The molecule has 3 heteroatoms. The molecule has 0 bridgehead atoms. The molecular weight excluding hydrogens is 422 g/mol. The third-order valence-electron chi connectivity index (χ3n) is 6.71. The van der Waals surface area contributed by atoms with Gasteiger partial charge in [0.05, 0.1) is 0 Å². The summed E-state index contributed by atoms with van der Waals surface area (Å²) in [6, 6.07) is 11.1. The van der Waals surface area contributed by atoms with Crippen molar-refractivity contribution in [3.63, 3.8) is 0 Å². The summed E-state index contributed by atoms with van der Waals surface area (Å²) in [7, 11) is 7.12. The zero-order valence-corrected chi connectivity index (χ0v) is 20.0. The Bertz CT molecular complexity index is 526. The Morgan fingerprint density at radius 2 is 1.48 bits per heavy atom. The molecule has 2 aliphatic carbocycles. The second-order valence-electron chi connectivity index (χ2n) is 8.07. The summed E-state index contributed by atoms with van der Waals surface area (Å²) in [5, 5.41) is 1.85. The van der Waals surface area contributed by atoms with Crippen LogP contribution in [-0.2, 0) is 21.5 Å². The van der Waals surface area contributed by atoms with Crippen molar-refractivity contribution in [1.82, 2.24) is 0 Å². The Morgan fingerprint density at radius 1 is 0.960 bits per heavy atom. The van der Waals surface area contributed by atoms with Crippen molar-refractivity contribution < 1.29 is 21.5 Å². The average Bonchev–Trinajstić information content (AvgIpc) is 2.70. The van der Waals surface area contributed by atoms with Crippen LogP contribution in [0.1, 0.15) is 83.1 Å². The van der Waals surface area contributed by atoms with E-state index < -0.39 is 26.0 Å². The van der Waals surface area contributed by atoms with Gasteiger partial charge in [0.15, 0.2) is 0 Å². The van der Waals surface area contributed by atoms with E-state index in [1.807, 2.05) is 5.31 Å². The fourth-order valence-corrected chi connectivity index (χ4v) is 28.1. The Balaban J connectivity index is 2.02. The van der Waals surface area contributed by atoms with Crippen LogP contribution in [0.4, 0.5) is 0 Å². The normalized spacial score (nSPS) is 21.9. The molecule has 0 spiro atoms. The van der Waals surface area contributed by atoms with E-state index in [9.17, 15) is 0 Å². The molecule has 3 rings (SSSR count). The van der Waals surface area contributed by atoms with Crippen LogP contribution >= 0.6 is 13.1 Å². The van der Waals surface area contributed by atoms with Gasteiger partial charge in [0.2, 0.25) is 0 Å². The fourth-order valence-electron chi connectivity index (χ4n) is 5.45. The molecule has 2 fully saturated rings. The minimum absolute atomic E-state index is 0.826. The minimum atomic E-state index is -1.48. The van der Waals surface area contributed by atoms with Gasteiger partial charge in [-0.25, -0.2) is 0 Å². The molecule has 0 unspecified atom stereocenters. The van der Waals surface area contributed by atoms with E-state index in [1.54, 1.807) is 0 Å². The third kappa shape index (κ3) is 4.70. The van der Waals surface area contributed by atoms with E-state index in [1.165, 1.54) is 76.2 Å². The van der Waals surface area contributed by atoms with E-state index in [0.717, 1.165) is 11.3 Å². The first-order valence-corrected chi connectivity index (χ1v) is 19.5. The van der Waals surface area contributed by atoms with Crippen molar-refractivity contribution in [3.8, 4) is 0 Å². The van der Waals surface area contributed by atoms with Gasteiger partial charge < -0.3 is 0 Å². The molecule has 0 atom stereocenters. The summed E-state index contributed by atoms with van der Waals surface area (Å²) in [6.07, 6.45) is 18.6. The molecule has 0 aromatic heterocycles. The van der Waals surface area contributed by atoms with Gasteiger partial charge in [-0.2, -0.15) is 0 Å². The number of allylic oxidation sites excluding steroid dienone is 1. The molecule has 1 aromatic carbocycles. The maximum absolute atomic E-state index is 7.12. The third-order valence-corrected chi connectivity index (χ3v) is 28.6. The SMILES string of the molecule is CCC(=Cc1ccccc1)[PH]([Zr][Cl])(C1CCCCC1)C1CCCCC1. The molecule has 0 aliphatic heterocycles. The summed E-state index contributed by atoms with van der Waals surface area (Å²) < 4.78 is -1.48. The van der Waals surface area contributed by atoms with Crippen LogP contribution in [0.15, 0.2) is 35.6 Å². The van der Waals surface area contributed by atoms with Gasteiger partial charge >= 0.3 is 171 Å². The predicted octanol–water partition coefficient (Wildman–Crippen LogP) is 8.00. The van der Waals surface area contributed by atoms with Crippen molar-refractivity contribution in [2.75, 3.05) is 0 Å². The summed E-state index contributed by atoms with van der Waals surface area (Å²) in [6.45, 7) is 2.41. The monoisotopic (exact) mass is 454 g/mol. The topological polar surface area (TPSA) is 0 Å². The second kappa shape index (κ2) is 10.2. The number of hydrogen-bond donors (Lipinski definition) is 0. The predicted molar refractivity (Wildman–Crippen MR) is 113 cm³/mol. The Hall–Kier alpha value is 0.563. The van der Waals surface area contributed by atoms with Crippen molar-refractivity contribution in [1.29, 1.82) is 0 Å². The first-order chi connectivity index (χ1) is 12.3. The summed E-state index contributed by atoms with van der Waals surface area (Å²) in [5.41, 5.74) is 3.42. The first kappa shape index (κ1) is 20.3. The molecule has 138 valence electrons. The number of benzene rings is 1. The van der Waals surface area contributed by atoms with Crippen molar-refractivity contribution in [2.45, 2.75) is 88.9 Å². The Morgan fingerprint density at radius 3 is 1.92 bits per heavy atom. The van der Waals surface area contributed by atoms with Gasteiger partial charge in [-0.1, -0.05) is 0 Å². The molecule has 1 aromatic rings. The molecule has 2 saturated carbocycles. The van der Waals surface area contributed by atoms with Gasteiger partial charge in [-0.15, -0.1) is 0 Å². The number of halogens is 1. The van der Waals surface area contributed by atoms with Gasteiger partial charge in [0.1, 0.15) is 0 Å². The summed E-state index contributed by atoms with van der Waals surface area (Å²) in [5.74, 6) is 0. The van der Waals surface area contributed by atoms with Crippen LogP contribution in [0.5, 0.6) is 0 Å². The van der Waals surface area contributed by atoms with Gasteiger partial charge in [0.25, 0.3) is 0 Å². The van der Waals surface area contributed by atoms with Crippen molar-refractivity contribution in [2.24, 2.45) is 0 Å². The molecule has 0 N–H and O–H groups in total. The van der Waals surface area contributed by atoms with Gasteiger partial charge in [0, 0.05) is 0 Å². The average molecular weight is 456 g/mol. The van der Waals surface area contributed by atoms with Crippen LogP contribution in [0.25, 0.3) is 6.08 Å². The molecule has 0 amide bonds. The standard InChI is InChI=1S/C22H33P.ClH.Zr/c1-2-20(18-19-12-6-3-7-13-19)23(21-14-8-4-9-15-21)22-16-10-5-11-17-22;;/h3,6-7,12-13,18,21-22H,2,4-5,8-11,14-17H2,1H3;1H;. The van der Waals surface area contributed by atoms with E-state index in [-0.39, 0.29) is 0 Å². The van der Waals surface area contributed by atoms with Crippen LogP contribution in [0.3, 0.4) is 0 Å². The van der Waals surface area contributed by atoms with Crippen molar-refractivity contribution >= 4 is 19.1 Å². The molecule has 0 nitrogen and oxygen atoms in total. The van der Waals surface area contributed by atoms with Crippen LogP contribution < -0.4 is 0 Å². The molecule has 0 heterocycles. The second-order valence-corrected chi connectivity index (χ2v) is 23.1. The fraction of sp³-hybridized carbons (Fsp3) is 0.636. The van der Waals surface area contributed by atoms with E-state index in [4.69, 9.17) is 8.51 Å². The van der Waals surface area contributed by atoms with Crippen LogP contribution in [-0.4, -0.2) is 11.3 Å². The zero-order valence-electron chi connectivity index (χ0n) is 15.8. The van der Waals surface area contributed by atoms with Gasteiger partial charge in [-0.05, 0) is 0 Å². The van der Waals surface area contributed by atoms with Crippen LogP contribution in [0.2, 0.25) is 0 Å². The molecule has 0 radical (unpaired) electrons. The Kier molecular flexibility index (Phi) is 8.28. The molecule has 2 aliphatic rings. The maximum atomic E-state index is 7.12. The van der Waals surface area contributed by atoms with E-state index in [0.29, 0.717) is 0 Å². The molecule has 25 heavy (non-hydrogen) atoms. The van der Waals surface area contributed by atoms with E-state index >= 15 is 0 Å². The molecular formula is C22H34ClPZr. The first-order valence-electron chi connectivity index (χ1n) is 10.4. The zero-order chi connectivity index (χ0) is 17.5. The molecule has 0 saturated heterocycles. The number of rotatable bonds is 6. The van der Waals surface area contributed by atoms with Crippen LogP contribution in [0, 0.1) is 0 Å². The summed E-state index contributed by atoms with van der Waals surface area (Å²) in [4.78, 5) is 0. The number of hydrogen-bond acceptors (Lipinski definition) is 0. The summed E-state index contributed by atoms with van der Waals surface area (Å²) >= 11 is -0.826. The van der Waals surface area contributed by atoms with Gasteiger partial charge in [-0.3, -0.25) is 0 Å².